The number of nitrogens with zero attached hydrogens (tertiary/aromatic N) is 2. The molecule has 0 saturated heterocycles. The number of ether oxygens (including phenoxy) is 2. The lowest BCUT2D eigenvalue weighted by atomic mass is 10.2. The number of aryl methyl sites for hydroxylation is 2. The number of amides is 1. The maximum atomic E-state index is 12.0. The van der Waals surface area contributed by atoms with Crippen molar-refractivity contribution >= 4 is 5.91 Å². The molecule has 7 heteroatoms. The molecule has 1 N–H and O–H groups in total. The van der Waals surface area contributed by atoms with Gasteiger partial charge < -0.3 is 19.3 Å². The van der Waals surface area contributed by atoms with Gasteiger partial charge in [0.1, 0.15) is 6.61 Å². The van der Waals surface area contributed by atoms with E-state index < -0.39 is 0 Å². The largest absolute Gasteiger partial charge is 0.485 e. The number of carbonyl (C=O) groups excluding carboxylic acids is 1. The van der Waals surface area contributed by atoms with Crippen molar-refractivity contribution in [2.24, 2.45) is 0 Å². The average molecular weight is 381 g/mol. The number of aromatic nitrogens is 2. The highest BCUT2D eigenvalue weighted by molar-refractivity contribution is 5.77. The number of rotatable bonds is 10. The third-order valence-electron chi connectivity index (χ3n) is 3.90. The van der Waals surface area contributed by atoms with E-state index in [9.17, 15) is 4.79 Å². The monoisotopic (exact) mass is 381 g/mol. The van der Waals surface area contributed by atoms with Crippen LogP contribution >= 0.6 is 0 Å². The van der Waals surface area contributed by atoms with Gasteiger partial charge in [0.15, 0.2) is 23.9 Å². The van der Waals surface area contributed by atoms with E-state index in [0.717, 1.165) is 5.56 Å². The van der Waals surface area contributed by atoms with Crippen LogP contribution in [0.2, 0.25) is 0 Å². The van der Waals surface area contributed by atoms with Crippen LogP contribution in [0.15, 0.2) is 59.1 Å². The van der Waals surface area contributed by atoms with E-state index in [2.05, 4.69) is 15.5 Å². The van der Waals surface area contributed by atoms with E-state index in [4.69, 9.17) is 14.0 Å². The predicted octanol–water partition coefficient (Wildman–Crippen LogP) is 3.08. The van der Waals surface area contributed by atoms with Crippen LogP contribution in [-0.4, -0.2) is 29.2 Å². The molecule has 0 bridgehead atoms. The fraction of sp³-hybridized carbons (Fsp3) is 0.286. The summed E-state index contributed by atoms with van der Waals surface area (Å²) in [6, 6.07) is 17.2. The van der Waals surface area contributed by atoms with Crippen molar-refractivity contribution < 1.29 is 18.8 Å². The van der Waals surface area contributed by atoms with E-state index in [1.165, 1.54) is 0 Å². The molecule has 0 radical (unpaired) electrons. The van der Waals surface area contributed by atoms with Gasteiger partial charge in [0.2, 0.25) is 5.89 Å². The summed E-state index contributed by atoms with van der Waals surface area (Å²) in [6.45, 7) is 2.64. The molecular formula is C21H23N3O4. The molecule has 1 aromatic heterocycles. The summed E-state index contributed by atoms with van der Waals surface area (Å²) in [5.41, 5.74) is 1.06. The molecule has 7 nitrogen and oxygen atoms in total. The first-order valence-corrected chi connectivity index (χ1v) is 9.15. The summed E-state index contributed by atoms with van der Waals surface area (Å²) < 4.78 is 16.5. The van der Waals surface area contributed by atoms with Crippen LogP contribution in [0.25, 0.3) is 0 Å². The van der Waals surface area contributed by atoms with E-state index in [1.54, 1.807) is 13.0 Å². The first kappa shape index (κ1) is 19.4. The minimum Gasteiger partial charge on any atom is -0.485 e. The SMILES string of the molecule is Cc1noc(CCCNC(=O)COc2ccccc2OCc2ccccc2)n1. The maximum absolute atomic E-state index is 12.0. The van der Waals surface area contributed by atoms with E-state index in [-0.39, 0.29) is 12.5 Å². The third kappa shape index (κ3) is 6.12. The molecule has 1 heterocycles. The molecule has 146 valence electrons. The fourth-order valence-electron chi connectivity index (χ4n) is 2.53. The van der Waals surface area contributed by atoms with Gasteiger partial charge in [-0.15, -0.1) is 0 Å². The fourth-order valence-corrected chi connectivity index (χ4v) is 2.53. The van der Waals surface area contributed by atoms with Gasteiger partial charge in [-0.3, -0.25) is 4.79 Å². The Hall–Kier alpha value is -3.35. The van der Waals surface area contributed by atoms with Gasteiger partial charge >= 0.3 is 0 Å². The summed E-state index contributed by atoms with van der Waals surface area (Å²) in [6.07, 6.45) is 1.34. The van der Waals surface area contributed by atoms with E-state index in [0.29, 0.717) is 49.2 Å². The second-order valence-corrected chi connectivity index (χ2v) is 6.20. The molecule has 0 aliphatic carbocycles. The van der Waals surface area contributed by atoms with Crippen molar-refractivity contribution in [1.82, 2.24) is 15.5 Å². The Labute approximate surface area is 163 Å². The minimum absolute atomic E-state index is 0.0780. The summed E-state index contributed by atoms with van der Waals surface area (Å²) in [4.78, 5) is 16.1. The molecule has 2 aromatic carbocycles. The Morgan fingerprint density at radius 1 is 1.04 bits per heavy atom. The molecule has 0 fully saturated rings. The molecule has 28 heavy (non-hydrogen) atoms. The minimum atomic E-state index is -0.195. The molecule has 3 rings (SSSR count). The van der Waals surface area contributed by atoms with Crippen LogP contribution in [0.5, 0.6) is 11.5 Å². The highest BCUT2D eigenvalue weighted by atomic mass is 16.5. The van der Waals surface area contributed by atoms with Crippen LogP contribution in [0.3, 0.4) is 0 Å². The van der Waals surface area contributed by atoms with Gasteiger partial charge in [0.25, 0.3) is 5.91 Å². The Balaban J connectivity index is 1.40. The van der Waals surface area contributed by atoms with Gasteiger partial charge in [-0.1, -0.05) is 47.6 Å². The van der Waals surface area contributed by atoms with Crippen molar-refractivity contribution in [1.29, 1.82) is 0 Å². The molecule has 0 unspecified atom stereocenters. The second kappa shape index (κ2) is 10.1. The Kier molecular flexibility index (Phi) is 7.01. The van der Waals surface area contributed by atoms with Gasteiger partial charge in [-0.05, 0) is 31.0 Å². The number of hydrogen-bond acceptors (Lipinski definition) is 6. The normalized spacial score (nSPS) is 10.5. The average Bonchev–Trinajstić information content (AvgIpc) is 3.14. The molecule has 0 aliphatic heterocycles. The van der Waals surface area contributed by atoms with E-state index >= 15 is 0 Å². The molecule has 0 aliphatic rings. The Bertz CT molecular complexity index is 880. The summed E-state index contributed by atoms with van der Waals surface area (Å²) in [7, 11) is 0. The molecule has 0 saturated carbocycles. The molecule has 0 atom stereocenters. The van der Waals surface area contributed by atoms with Crippen molar-refractivity contribution in [3.63, 3.8) is 0 Å². The number of para-hydroxylation sites is 2. The van der Waals surface area contributed by atoms with Crippen LogP contribution in [-0.2, 0) is 17.8 Å². The molecule has 0 spiro atoms. The number of benzene rings is 2. The van der Waals surface area contributed by atoms with Crippen LogP contribution in [0.4, 0.5) is 0 Å². The number of nitrogens with one attached hydrogen (secondary N) is 1. The maximum Gasteiger partial charge on any atom is 0.257 e. The number of carbonyl (C=O) groups is 1. The zero-order chi connectivity index (χ0) is 19.6. The molecular weight excluding hydrogens is 358 g/mol. The predicted molar refractivity (Wildman–Crippen MR) is 103 cm³/mol. The topological polar surface area (TPSA) is 86.5 Å². The summed E-state index contributed by atoms with van der Waals surface area (Å²) in [5, 5.41) is 6.54. The first-order valence-electron chi connectivity index (χ1n) is 9.15. The highest BCUT2D eigenvalue weighted by Crippen LogP contribution is 2.27. The molecule has 3 aromatic rings. The molecule has 1 amide bonds. The first-order chi connectivity index (χ1) is 13.7. The van der Waals surface area contributed by atoms with Gasteiger partial charge in [0.05, 0.1) is 0 Å². The lowest BCUT2D eigenvalue weighted by molar-refractivity contribution is -0.123. The highest BCUT2D eigenvalue weighted by Gasteiger charge is 2.08. The van der Waals surface area contributed by atoms with E-state index in [1.807, 2.05) is 48.5 Å². The third-order valence-corrected chi connectivity index (χ3v) is 3.90. The van der Waals surface area contributed by atoms with Crippen LogP contribution < -0.4 is 14.8 Å². The number of hydrogen-bond donors (Lipinski definition) is 1. The van der Waals surface area contributed by atoms with Gasteiger partial charge in [-0.25, -0.2) is 0 Å². The standard InChI is InChI=1S/C21H23N3O4/c1-16-23-21(28-24-16)12-7-13-22-20(25)15-27-19-11-6-5-10-18(19)26-14-17-8-3-2-4-9-17/h2-6,8-11H,7,12-15H2,1H3,(H,22,25). The van der Waals surface area contributed by atoms with Gasteiger partial charge in [-0.2, -0.15) is 4.98 Å². The smallest absolute Gasteiger partial charge is 0.257 e. The van der Waals surface area contributed by atoms with Crippen molar-refractivity contribution in [3.05, 3.63) is 71.9 Å². The zero-order valence-corrected chi connectivity index (χ0v) is 15.8. The van der Waals surface area contributed by atoms with Crippen LogP contribution in [0, 0.1) is 6.92 Å². The second-order valence-electron chi connectivity index (χ2n) is 6.20. The lowest BCUT2D eigenvalue weighted by Crippen LogP contribution is -2.30. The summed E-state index contributed by atoms with van der Waals surface area (Å²) >= 11 is 0. The van der Waals surface area contributed by atoms with Crippen molar-refractivity contribution in [2.45, 2.75) is 26.4 Å². The van der Waals surface area contributed by atoms with Gasteiger partial charge in [0, 0.05) is 13.0 Å². The van der Waals surface area contributed by atoms with Crippen molar-refractivity contribution in [2.75, 3.05) is 13.2 Å². The zero-order valence-electron chi connectivity index (χ0n) is 15.8. The van der Waals surface area contributed by atoms with Crippen molar-refractivity contribution in [3.8, 4) is 11.5 Å². The van der Waals surface area contributed by atoms with Crippen LogP contribution in [0.1, 0.15) is 23.7 Å². The lowest BCUT2D eigenvalue weighted by Gasteiger charge is -2.12. The quantitative estimate of drug-likeness (QED) is 0.543. The Morgan fingerprint density at radius 2 is 1.75 bits per heavy atom. The summed E-state index contributed by atoms with van der Waals surface area (Å²) in [5.74, 6) is 2.13. The Morgan fingerprint density at radius 3 is 2.46 bits per heavy atom.